The highest BCUT2D eigenvalue weighted by Crippen LogP contribution is 2.37. The number of hydrogen-bond acceptors (Lipinski definition) is 7. The predicted octanol–water partition coefficient (Wildman–Crippen LogP) is 1.26. The Hall–Kier alpha value is -1.44. The van der Waals surface area contributed by atoms with Crippen LogP contribution in [0.3, 0.4) is 0 Å². The van der Waals surface area contributed by atoms with E-state index in [9.17, 15) is 5.11 Å². The number of nitrogens with zero attached hydrogens (tertiary/aromatic N) is 2. The summed E-state index contributed by atoms with van der Waals surface area (Å²) in [4.78, 5) is 8.67. The van der Waals surface area contributed by atoms with E-state index in [1.165, 1.54) is 12.8 Å². The number of nitrogens with one attached hydrogen (secondary N) is 2. The van der Waals surface area contributed by atoms with Crippen molar-refractivity contribution in [3.05, 3.63) is 11.9 Å². The third-order valence-corrected chi connectivity index (χ3v) is 4.00. The van der Waals surface area contributed by atoms with E-state index in [4.69, 9.17) is 10.6 Å². The van der Waals surface area contributed by atoms with Gasteiger partial charge in [-0.3, -0.25) is 0 Å². The molecule has 118 valence electrons. The van der Waals surface area contributed by atoms with Gasteiger partial charge in [-0.25, -0.2) is 15.8 Å². The minimum atomic E-state index is -0.0264. The van der Waals surface area contributed by atoms with E-state index < -0.39 is 0 Å². The highest BCUT2D eigenvalue weighted by Gasteiger charge is 2.33. The van der Waals surface area contributed by atoms with Crippen LogP contribution in [0.2, 0.25) is 0 Å². The van der Waals surface area contributed by atoms with E-state index in [1.54, 1.807) is 6.07 Å². The van der Waals surface area contributed by atoms with Crippen molar-refractivity contribution in [1.29, 1.82) is 0 Å². The van der Waals surface area contributed by atoms with E-state index in [1.807, 2.05) is 6.92 Å². The van der Waals surface area contributed by atoms with Crippen LogP contribution in [-0.2, 0) is 11.3 Å². The largest absolute Gasteiger partial charge is 0.396 e. The summed E-state index contributed by atoms with van der Waals surface area (Å²) in [5.74, 6) is 7.27. The van der Waals surface area contributed by atoms with Gasteiger partial charge in [0.25, 0.3) is 0 Å². The van der Waals surface area contributed by atoms with Crippen LogP contribution < -0.4 is 16.6 Å². The molecule has 1 aliphatic carbocycles. The van der Waals surface area contributed by atoms with E-state index in [0.29, 0.717) is 37.2 Å². The molecule has 1 fully saturated rings. The van der Waals surface area contributed by atoms with Gasteiger partial charge in [0.15, 0.2) is 5.82 Å². The zero-order valence-electron chi connectivity index (χ0n) is 12.6. The van der Waals surface area contributed by atoms with Crippen molar-refractivity contribution in [1.82, 2.24) is 9.97 Å². The van der Waals surface area contributed by atoms with Gasteiger partial charge in [-0.15, -0.1) is 0 Å². The van der Waals surface area contributed by atoms with Gasteiger partial charge in [0.05, 0.1) is 6.61 Å². The molecule has 0 unspecified atom stereocenters. The Morgan fingerprint density at radius 3 is 2.67 bits per heavy atom. The van der Waals surface area contributed by atoms with Crippen molar-refractivity contribution in [2.75, 3.05) is 30.5 Å². The van der Waals surface area contributed by atoms with Crippen LogP contribution in [0.1, 0.15) is 38.4 Å². The van der Waals surface area contributed by atoms with Crippen molar-refractivity contribution >= 4 is 11.6 Å². The van der Waals surface area contributed by atoms with Crippen molar-refractivity contribution in [2.24, 2.45) is 11.3 Å². The van der Waals surface area contributed by atoms with Crippen LogP contribution in [-0.4, -0.2) is 34.8 Å². The minimum Gasteiger partial charge on any atom is -0.396 e. The second kappa shape index (κ2) is 7.53. The number of anilines is 2. The van der Waals surface area contributed by atoms with Crippen LogP contribution in [0, 0.1) is 5.41 Å². The summed E-state index contributed by atoms with van der Waals surface area (Å²) in [7, 11) is 0. The van der Waals surface area contributed by atoms with Crippen molar-refractivity contribution in [3.63, 3.8) is 0 Å². The molecule has 0 bridgehead atoms. The van der Waals surface area contributed by atoms with Crippen LogP contribution >= 0.6 is 0 Å². The molecule has 0 aliphatic heterocycles. The summed E-state index contributed by atoms with van der Waals surface area (Å²) in [6.45, 7) is 3.80. The van der Waals surface area contributed by atoms with Gasteiger partial charge < -0.3 is 20.6 Å². The molecule has 1 aliphatic rings. The Morgan fingerprint density at radius 1 is 1.33 bits per heavy atom. The van der Waals surface area contributed by atoms with Gasteiger partial charge in [-0.05, 0) is 19.8 Å². The molecule has 0 amide bonds. The number of hydrazine groups is 1. The average molecular weight is 295 g/mol. The number of nitrogen functional groups attached to an aromatic ring is 1. The van der Waals surface area contributed by atoms with Gasteiger partial charge in [-0.1, -0.05) is 12.8 Å². The van der Waals surface area contributed by atoms with Crippen LogP contribution in [0.4, 0.5) is 11.6 Å². The Labute approximate surface area is 125 Å². The zero-order valence-corrected chi connectivity index (χ0v) is 12.6. The van der Waals surface area contributed by atoms with Crippen LogP contribution in [0.15, 0.2) is 6.07 Å². The predicted molar refractivity (Wildman–Crippen MR) is 81.6 cm³/mol. The second-order valence-corrected chi connectivity index (χ2v) is 5.55. The zero-order chi connectivity index (χ0) is 15.1. The monoisotopic (exact) mass is 295 g/mol. The number of aliphatic hydroxyl groups is 1. The first-order chi connectivity index (χ1) is 10.2. The molecule has 0 atom stereocenters. The average Bonchev–Trinajstić information content (AvgIpc) is 3.00. The molecule has 2 rings (SSSR count). The maximum Gasteiger partial charge on any atom is 0.158 e. The molecular formula is C14H25N5O2. The summed E-state index contributed by atoms with van der Waals surface area (Å²) in [6, 6.07) is 1.76. The first-order valence-electron chi connectivity index (χ1n) is 7.48. The molecule has 1 aromatic rings. The first-order valence-corrected chi connectivity index (χ1v) is 7.48. The molecule has 1 saturated carbocycles. The molecule has 7 nitrogen and oxygen atoms in total. The number of ether oxygens (including phenoxy) is 1. The Morgan fingerprint density at radius 2 is 2.05 bits per heavy atom. The lowest BCUT2D eigenvalue weighted by Crippen LogP contribution is -2.31. The Kier molecular flexibility index (Phi) is 5.72. The topological polar surface area (TPSA) is 105 Å². The summed E-state index contributed by atoms with van der Waals surface area (Å²) in [6.07, 6.45) is 4.46. The number of rotatable bonds is 8. The second-order valence-electron chi connectivity index (χ2n) is 5.55. The highest BCUT2D eigenvalue weighted by molar-refractivity contribution is 5.47. The van der Waals surface area contributed by atoms with E-state index in [2.05, 4.69) is 20.7 Å². The van der Waals surface area contributed by atoms with Crippen molar-refractivity contribution in [2.45, 2.75) is 39.2 Å². The molecule has 1 aromatic heterocycles. The maximum absolute atomic E-state index is 9.64. The lowest BCUT2D eigenvalue weighted by atomic mass is 9.87. The molecule has 0 radical (unpaired) electrons. The molecule has 7 heteroatoms. The molecule has 5 N–H and O–H groups in total. The normalized spacial score (nSPS) is 16.9. The number of hydrogen-bond donors (Lipinski definition) is 4. The highest BCUT2D eigenvalue weighted by atomic mass is 16.5. The standard InChI is InChI=1S/C14H25N5O2/c1-2-21-8-13-17-11(7-12(18-13)19-15)16-9-14(10-20)5-3-4-6-14/h7,20H,2-6,8-10,15H2,1H3,(H2,16,17,18,19). The van der Waals surface area contributed by atoms with Gasteiger partial charge in [-0.2, -0.15) is 0 Å². The van der Waals surface area contributed by atoms with Gasteiger partial charge in [0.1, 0.15) is 18.2 Å². The van der Waals surface area contributed by atoms with E-state index >= 15 is 0 Å². The lowest BCUT2D eigenvalue weighted by molar-refractivity contribution is 0.128. The van der Waals surface area contributed by atoms with E-state index in [-0.39, 0.29) is 12.0 Å². The maximum atomic E-state index is 9.64. The number of nitrogens with two attached hydrogens (primary N) is 1. The van der Waals surface area contributed by atoms with Crippen LogP contribution in [0.5, 0.6) is 0 Å². The number of aliphatic hydroxyl groups excluding tert-OH is 1. The van der Waals surface area contributed by atoms with E-state index in [0.717, 1.165) is 12.8 Å². The third kappa shape index (κ3) is 4.26. The van der Waals surface area contributed by atoms with Crippen molar-refractivity contribution in [3.8, 4) is 0 Å². The summed E-state index contributed by atoms with van der Waals surface area (Å²) in [5, 5.41) is 12.9. The van der Waals surface area contributed by atoms with Crippen LogP contribution in [0.25, 0.3) is 0 Å². The molecule has 0 spiro atoms. The molecule has 0 saturated heterocycles. The molecule has 0 aromatic carbocycles. The fourth-order valence-corrected chi connectivity index (χ4v) is 2.71. The third-order valence-electron chi connectivity index (χ3n) is 4.00. The summed E-state index contributed by atoms with van der Waals surface area (Å²) in [5.41, 5.74) is 2.51. The molecule has 1 heterocycles. The van der Waals surface area contributed by atoms with Gasteiger partial charge in [0.2, 0.25) is 0 Å². The molecule has 21 heavy (non-hydrogen) atoms. The lowest BCUT2D eigenvalue weighted by Gasteiger charge is -2.27. The Balaban J connectivity index is 2.04. The number of aromatic nitrogens is 2. The SMILES string of the molecule is CCOCc1nc(NN)cc(NCC2(CO)CCCC2)n1. The molecular weight excluding hydrogens is 270 g/mol. The van der Waals surface area contributed by atoms with Crippen molar-refractivity contribution < 1.29 is 9.84 Å². The fraction of sp³-hybridized carbons (Fsp3) is 0.714. The summed E-state index contributed by atoms with van der Waals surface area (Å²) >= 11 is 0. The Bertz CT molecular complexity index is 449. The summed E-state index contributed by atoms with van der Waals surface area (Å²) < 4.78 is 5.33. The first kappa shape index (κ1) is 15.9. The quantitative estimate of drug-likeness (QED) is 0.422. The van der Waals surface area contributed by atoms with Gasteiger partial charge in [0, 0.05) is 24.6 Å². The minimum absolute atomic E-state index is 0.0264. The fourth-order valence-electron chi connectivity index (χ4n) is 2.71. The van der Waals surface area contributed by atoms with Gasteiger partial charge >= 0.3 is 0 Å². The smallest absolute Gasteiger partial charge is 0.158 e.